The number of methoxy groups -OCH3 is 2. The Labute approximate surface area is 171 Å². The molecule has 0 spiro atoms. The highest BCUT2D eigenvalue weighted by molar-refractivity contribution is 5.80. The van der Waals surface area contributed by atoms with Crippen molar-refractivity contribution in [3.8, 4) is 11.5 Å². The molecule has 0 saturated carbocycles. The van der Waals surface area contributed by atoms with Gasteiger partial charge in [-0.3, -0.25) is 9.69 Å². The van der Waals surface area contributed by atoms with Crippen molar-refractivity contribution in [1.82, 2.24) is 15.5 Å². The first-order chi connectivity index (χ1) is 14.0. The van der Waals surface area contributed by atoms with Gasteiger partial charge in [0.25, 0.3) is 0 Å². The number of rotatable bonds is 7. The molecule has 2 unspecified atom stereocenters. The van der Waals surface area contributed by atoms with Gasteiger partial charge in [-0.25, -0.2) is 4.79 Å². The van der Waals surface area contributed by atoms with Crippen molar-refractivity contribution < 1.29 is 23.8 Å². The van der Waals surface area contributed by atoms with Gasteiger partial charge < -0.3 is 24.8 Å². The molecule has 29 heavy (non-hydrogen) atoms. The number of nitrogens with zero attached hydrogens (tertiary/aromatic N) is 1. The molecular formula is C21H31N3O5. The van der Waals surface area contributed by atoms with Crippen LogP contribution < -0.4 is 20.1 Å². The third kappa shape index (κ3) is 5.12. The number of carbonyl (C=O) groups is 2. The Balaban J connectivity index is 1.59. The van der Waals surface area contributed by atoms with Crippen molar-refractivity contribution in [2.24, 2.45) is 5.92 Å². The van der Waals surface area contributed by atoms with Crippen LogP contribution in [0.3, 0.4) is 0 Å². The Kier molecular flexibility index (Phi) is 7.19. The summed E-state index contributed by atoms with van der Waals surface area (Å²) >= 11 is 0. The van der Waals surface area contributed by atoms with Gasteiger partial charge in [0.15, 0.2) is 11.5 Å². The molecule has 2 heterocycles. The molecule has 1 aromatic rings. The topological polar surface area (TPSA) is 89.1 Å². The van der Waals surface area contributed by atoms with Gasteiger partial charge in [0.2, 0.25) is 0 Å². The molecular weight excluding hydrogens is 374 g/mol. The van der Waals surface area contributed by atoms with Gasteiger partial charge in [-0.1, -0.05) is 0 Å². The molecule has 1 aromatic carbocycles. The van der Waals surface area contributed by atoms with E-state index in [-0.39, 0.29) is 12.6 Å². The molecule has 0 radical (unpaired) electrons. The van der Waals surface area contributed by atoms with E-state index in [2.05, 4.69) is 27.7 Å². The fourth-order valence-electron chi connectivity index (χ4n) is 4.26. The van der Waals surface area contributed by atoms with Crippen LogP contribution in [0.1, 0.15) is 36.9 Å². The maximum Gasteiger partial charge on any atom is 0.325 e. The van der Waals surface area contributed by atoms with E-state index in [0.717, 1.165) is 43.9 Å². The Morgan fingerprint density at radius 2 is 1.90 bits per heavy atom. The fourth-order valence-corrected chi connectivity index (χ4v) is 4.26. The zero-order valence-corrected chi connectivity index (χ0v) is 17.5. The number of hydrogen-bond donors (Lipinski definition) is 2. The van der Waals surface area contributed by atoms with Crippen molar-refractivity contribution in [2.75, 3.05) is 47.0 Å². The molecule has 3 rings (SSSR count). The average Bonchev–Trinajstić information content (AvgIpc) is 2.75. The largest absolute Gasteiger partial charge is 0.493 e. The van der Waals surface area contributed by atoms with E-state index < -0.39 is 5.97 Å². The van der Waals surface area contributed by atoms with Gasteiger partial charge in [-0.05, 0) is 61.9 Å². The normalized spacial score (nSPS) is 20.8. The lowest BCUT2D eigenvalue weighted by Crippen LogP contribution is -2.45. The maximum atomic E-state index is 12.0. The van der Waals surface area contributed by atoms with Crippen molar-refractivity contribution in [3.63, 3.8) is 0 Å². The average molecular weight is 405 g/mol. The smallest absolute Gasteiger partial charge is 0.325 e. The van der Waals surface area contributed by atoms with Crippen molar-refractivity contribution in [1.29, 1.82) is 0 Å². The highest BCUT2D eigenvalue weighted by Gasteiger charge is 2.34. The monoisotopic (exact) mass is 405 g/mol. The first-order valence-electron chi connectivity index (χ1n) is 10.2. The van der Waals surface area contributed by atoms with E-state index in [4.69, 9.17) is 14.2 Å². The van der Waals surface area contributed by atoms with Crippen LogP contribution in [-0.2, 0) is 16.0 Å². The van der Waals surface area contributed by atoms with E-state index in [1.165, 1.54) is 11.1 Å². The standard InChI is InChI=1S/C21H31N3O5/c1-4-29-20(25)13-23-21(26)22-12-14-5-7-24-8-6-15-10-18(27-2)19(28-3)11-16(15)17(24)9-14/h10-11,14,17H,4-9,12-13H2,1-3H3,(H2,22,23,26). The minimum Gasteiger partial charge on any atom is -0.493 e. The highest BCUT2D eigenvalue weighted by Crippen LogP contribution is 2.42. The summed E-state index contributed by atoms with van der Waals surface area (Å²) in [5.74, 6) is 1.47. The van der Waals surface area contributed by atoms with Gasteiger partial charge in [0, 0.05) is 19.1 Å². The number of carbonyl (C=O) groups excluding carboxylic acids is 2. The van der Waals surface area contributed by atoms with Crippen molar-refractivity contribution in [3.05, 3.63) is 23.3 Å². The summed E-state index contributed by atoms with van der Waals surface area (Å²) in [5, 5.41) is 5.43. The van der Waals surface area contributed by atoms with E-state index in [0.29, 0.717) is 25.1 Å². The van der Waals surface area contributed by atoms with Crippen LogP contribution in [0.2, 0.25) is 0 Å². The number of nitrogens with one attached hydrogen (secondary N) is 2. The Bertz CT molecular complexity index is 739. The van der Waals surface area contributed by atoms with Gasteiger partial charge in [0.1, 0.15) is 6.54 Å². The maximum absolute atomic E-state index is 12.0. The van der Waals surface area contributed by atoms with Crippen LogP contribution in [0.25, 0.3) is 0 Å². The zero-order valence-electron chi connectivity index (χ0n) is 17.5. The molecule has 2 aliphatic rings. The molecule has 2 aliphatic heterocycles. The van der Waals surface area contributed by atoms with E-state index in [9.17, 15) is 9.59 Å². The number of hydrogen-bond acceptors (Lipinski definition) is 6. The van der Waals surface area contributed by atoms with Crippen LogP contribution in [-0.4, -0.2) is 63.9 Å². The minimum absolute atomic E-state index is 0.115. The number of esters is 1. The molecule has 1 saturated heterocycles. The molecule has 2 N–H and O–H groups in total. The van der Waals surface area contributed by atoms with Gasteiger partial charge in [-0.15, -0.1) is 0 Å². The zero-order chi connectivity index (χ0) is 20.8. The van der Waals surface area contributed by atoms with Crippen LogP contribution in [0.4, 0.5) is 4.79 Å². The molecule has 0 aromatic heterocycles. The second-order valence-corrected chi connectivity index (χ2v) is 7.47. The Hall–Kier alpha value is -2.48. The first kappa shape index (κ1) is 21.2. The molecule has 0 aliphatic carbocycles. The number of fused-ring (bicyclic) bond motifs is 3. The van der Waals surface area contributed by atoms with Gasteiger partial charge in [-0.2, -0.15) is 0 Å². The lowest BCUT2D eigenvalue weighted by atomic mass is 9.82. The van der Waals surface area contributed by atoms with E-state index >= 15 is 0 Å². The number of amides is 2. The Morgan fingerprint density at radius 3 is 2.62 bits per heavy atom. The molecule has 2 amide bonds. The first-order valence-corrected chi connectivity index (χ1v) is 10.2. The summed E-state index contributed by atoms with van der Waals surface area (Å²) in [6, 6.07) is 4.18. The lowest BCUT2D eigenvalue weighted by molar-refractivity contribution is -0.141. The van der Waals surface area contributed by atoms with E-state index in [1.807, 2.05) is 0 Å². The molecule has 2 atom stereocenters. The Morgan fingerprint density at radius 1 is 1.14 bits per heavy atom. The van der Waals surface area contributed by atoms with Gasteiger partial charge in [0.05, 0.1) is 20.8 Å². The minimum atomic E-state index is -0.431. The van der Waals surface area contributed by atoms with Crippen molar-refractivity contribution in [2.45, 2.75) is 32.2 Å². The summed E-state index contributed by atoms with van der Waals surface area (Å²) in [6.07, 6.45) is 3.02. The number of urea groups is 1. The molecule has 1 fully saturated rings. The quantitative estimate of drug-likeness (QED) is 0.674. The van der Waals surface area contributed by atoms with Gasteiger partial charge >= 0.3 is 12.0 Å². The third-order valence-electron chi connectivity index (χ3n) is 5.74. The fraction of sp³-hybridized carbons (Fsp3) is 0.619. The summed E-state index contributed by atoms with van der Waals surface area (Å²) in [4.78, 5) is 25.8. The van der Waals surface area contributed by atoms with Crippen molar-refractivity contribution >= 4 is 12.0 Å². The SMILES string of the molecule is CCOC(=O)CNC(=O)NCC1CCN2CCc3cc(OC)c(OC)cc3C2C1. The summed E-state index contributed by atoms with van der Waals surface area (Å²) < 4.78 is 15.8. The summed E-state index contributed by atoms with van der Waals surface area (Å²) in [7, 11) is 3.32. The van der Waals surface area contributed by atoms with Crippen LogP contribution in [0.15, 0.2) is 12.1 Å². The third-order valence-corrected chi connectivity index (χ3v) is 5.74. The molecule has 8 heteroatoms. The van der Waals surface area contributed by atoms with Crippen LogP contribution >= 0.6 is 0 Å². The number of ether oxygens (including phenoxy) is 3. The van der Waals surface area contributed by atoms with Crippen LogP contribution in [0.5, 0.6) is 11.5 Å². The second-order valence-electron chi connectivity index (χ2n) is 7.47. The number of piperidine rings is 1. The summed E-state index contributed by atoms with van der Waals surface area (Å²) in [6.45, 7) is 4.56. The summed E-state index contributed by atoms with van der Waals surface area (Å²) in [5.41, 5.74) is 2.61. The number of benzene rings is 1. The lowest BCUT2D eigenvalue weighted by Gasteiger charge is -2.43. The van der Waals surface area contributed by atoms with E-state index in [1.54, 1.807) is 21.1 Å². The highest BCUT2D eigenvalue weighted by atomic mass is 16.5. The molecule has 8 nitrogen and oxygen atoms in total. The predicted molar refractivity (Wildman–Crippen MR) is 108 cm³/mol. The molecule has 0 bridgehead atoms. The predicted octanol–water partition coefficient (Wildman–Crippen LogP) is 1.88. The molecule has 160 valence electrons. The second kappa shape index (κ2) is 9.82. The van der Waals surface area contributed by atoms with Crippen LogP contribution in [0, 0.1) is 5.92 Å².